The number of thiophene rings is 1. The van der Waals surface area contributed by atoms with Gasteiger partial charge in [-0.3, -0.25) is 0 Å². The fourth-order valence-corrected chi connectivity index (χ4v) is 3.56. The third-order valence-corrected chi connectivity index (χ3v) is 4.89. The van der Waals surface area contributed by atoms with Crippen LogP contribution in [0.4, 0.5) is 0 Å². The summed E-state index contributed by atoms with van der Waals surface area (Å²) in [6.45, 7) is 1.73. The van der Waals surface area contributed by atoms with Crippen LogP contribution in [0.2, 0.25) is 0 Å². The maximum absolute atomic E-state index is 10.8. The van der Waals surface area contributed by atoms with E-state index in [1.165, 1.54) is 30.6 Å². The van der Waals surface area contributed by atoms with Gasteiger partial charge in [0.2, 0.25) is 0 Å². The molecule has 19 heavy (non-hydrogen) atoms. The largest absolute Gasteiger partial charge is 0.478 e. The predicted octanol–water partition coefficient (Wildman–Crippen LogP) is 2.48. The van der Waals surface area contributed by atoms with Crippen LogP contribution in [0.25, 0.3) is 0 Å². The van der Waals surface area contributed by atoms with Gasteiger partial charge in [-0.05, 0) is 18.9 Å². The van der Waals surface area contributed by atoms with Gasteiger partial charge in [0.05, 0.1) is 5.56 Å². The third-order valence-electron chi connectivity index (χ3n) is 3.95. The van der Waals surface area contributed by atoms with Crippen molar-refractivity contribution < 1.29 is 15.0 Å². The Labute approximate surface area is 117 Å². The highest BCUT2D eigenvalue weighted by atomic mass is 32.1. The Balaban J connectivity index is 1.82. The first-order chi connectivity index (χ1) is 9.15. The summed E-state index contributed by atoms with van der Waals surface area (Å²) in [6, 6.07) is 1.71. The second-order valence-electron chi connectivity index (χ2n) is 5.43. The minimum atomic E-state index is -0.874. The number of carbonyl (C=O) groups is 1. The van der Waals surface area contributed by atoms with Crippen molar-refractivity contribution in [3.05, 3.63) is 21.9 Å². The molecular formula is C14H21NO3S. The summed E-state index contributed by atoms with van der Waals surface area (Å²) in [6.07, 6.45) is 5.84. The molecule has 0 spiro atoms. The molecule has 0 bridgehead atoms. The van der Waals surface area contributed by atoms with Gasteiger partial charge in [-0.15, -0.1) is 11.3 Å². The Bertz CT molecular complexity index is 424. The Kier molecular flexibility index (Phi) is 4.96. The maximum Gasteiger partial charge on any atom is 0.336 e. The van der Waals surface area contributed by atoms with E-state index in [0.29, 0.717) is 12.1 Å². The van der Waals surface area contributed by atoms with Crippen molar-refractivity contribution in [3.8, 4) is 0 Å². The van der Waals surface area contributed by atoms with Crippen LogP contribution in [-0.2, 0) is 6.54 Å². The standard InChI is InChI=1S/C14H21NO3S/c16-10-14(4-2-1-3-5-14)9-15-7-12-6-11(8-19-12)13(17)18/h6,8,15-16H,1-5,7,9-10H2,(H,17,18). The SMILES string of the molecule is O=C(O)c1csc(CNCC2(CO)CCCCC2)c1. The molecule has 1 heterocycles. The summed E-state index contributed by atoms with van der Waals surface area (Å²) < 4.78 is 0. The van der Waals surface area contributed by atoms with Crippen molar-refractivity contribution in [2.45, 2.75) is 38.6 Å². The summed E-state index contributed by atoms with van der Waals surface area (Å²) >= 11 is 1.47. The molecule has 5 heteroatoms. The molecule has 4 nitrogen and oxygen atoms in total. The molecule has 1 aliphatic rings. The first-order valence-corrected chi connectivity index (χ1v) is 7.65. The Morgan fingerprint density at radius 1 is 1.37 bits per heavy atom. The number of aliphatic hydroxyl groups excluding tert-OH is 1. The van der Waals surface area contributed by atoms with E-state index < -0.39 is 5.97 Å². The number of hydrogen-bond acceptors (Lipinski definition) is 4. The van der Waals surface area contributed by atoms with Crippen molar-refractivity contribution in [2.24, 2.45) is 5.41 Å². The molecule has 106 valence electrons. The van der Waals surface area contributed by atoms with E-state index in [1.807, 2.05) is 0 Å². The van der Waals surface area contributed by atoms with Gasteiger partial charge < -0.3 is 15.5 Å². The highest BCUT2D eigenvalue weighted by Gasteiger charge is 2.30. The quantitative estimate of drug-likeness (QED) is 0.750. The third kappa shape index (κ3) is 3.78. The topological polar surface area (TPSA) is 69.6 Å². The lowest BCUT2D eigenvalue weighted by Crippen LogP contribution is -2.38. The van der Waals surface area contributed by atoms with E-state index in [9.17, 15) is 9.90 Å². The minimum Gasteiger partial charge on any atom is -0.478 e. The molecule has 1 aromatic heterocycles. The van der Waals surface area contributed by atoms with Crippen molar-refractivity contribution in [2.75, 3.05) is 13.2 Å². The number of nitrogens with one attached hydrogen (secondary N) is 1. The van der Waals surface area contributed by atoms with Gasteiger partial charge in [-0.1, -0.05) is 19.3 Å². The van der Waals surface area contributed by atoms with Crippen molar-refractivity contribution >= 4 is 17.3 Å². The monoisotopic (exact) mass is 283 g/mol. The summed E-state index contributed by atoms with van der Waals surface area (Å²) in [5.74, 6) is -0.874. The molecule has 0 atom stereocenters. The lowest BCUT2D eigenvalue weighted by Gasteiger charge is -2.35. The fourth-order valence-electron chi connectivity index (χ4n) is 2.73. The van der Waals surface area contributed by atoms with Crippen LogP contribution >= 0.6 is 11.3 Å². The van der Waals surface area contributed by atoms with Gasteiger partial charge in [0.1, 0.15) is 0 Å². The second-order valence-corrected chi connectivity index (χ2v) is 6.42. The number of rotatable bonds is 6. The van der Waals surface area contributed by atoms with E-state index in [2.05, 4.69) is 5.32 Å². The maximum atomic E-state index is 10.8. The molecule has 1 saturated carbocycles. The lowest BCUT2D eigenvalue weighted by atomic mass is 9.74. The Hall–Kier alpha value is -0.910. The van der Waals surface area contributed by atoms with Gasteiger partial charge in [-0.2, -0.15) is 0 Å². The number of carboxylic acid groups (broad SMARTS) is 1. The first-order valence-electron chi connectivity index (χ1n) is 6.77. The highest BCUT2D eigenvalue weighted by molar-refractivity contribution is 7.10. The van der Waals surface area contributed by atoms with E-state index in [1.54, 1.807) is 11.4 Å². The van der Waals surface area contributed by atoms with Gasteiger partial charge in [0.25, 0.3) is 0 Å². The number of aromatic carboxylic acids is 1. The molecular weight excluding hydrogens is 262 g/mol. The predicted molar refractivity (Wildman–Crippen MR) is 75.6 cm³/mol. The number of carboxylic acids is 1. The highest BCUT2D eigenvalue weighted by Crippen LogP contribution is 2.35. The minimum absolute atomic E-state index is 0.0329. The van der Waals surface area contributed by atoms with Crippen LogP contribution in [0.15, 0.2) is 11.4 Å². The molecule has 0 saturated heterocycles. The summed E-state index contributed by atoms with van der Waals surface area (Å²) in [4.78, 5) is 11.8. The molecule has 0 aromatic carbocycles. The Morgan fingerprint density at radius 2 is 2.11 bits per heavy atom. The molecule has 0 aliphatic heterocycles. The first kappa shape index (κ1) is 14.5. The van der Waals surface area contributed by atoms with E-state index in [-0.39, 0.29) is 12.0 Å². The molecule has 3 N–H and O–H groups in total. The van der Waals surface area contributed by atoms with Crippen LogP contribution in [0.5, 0.6) is 0 Å². The van der Waals surface area contributed by atoms with Crippen LogP contribution in [0, 0.1) is 5.41 Å². The van der Waals surface area contributed by atoms with Gasteiger partial charge in [0, 0.05) is 35.4 Å². The molecule has 0 radical (unpaired) electrons. The van der Waals surface area contributed by atoms with Crippen molar-refractivity contribution in [3.63, 3.8) is 0 Å². The fraction of sp³-hybridized carbons (Fsp3) is 0.643. The average molecular weight is 283 g/mol. The average Bonchev–Trinajstić information content (AvgIpc) is 2.89. The molecule has 0 amide bonds. The normalized spacial score (nSPS) is 18.4. The smallest absolute Gasteiger partial charge is 0.336 e. The second kappa shape index (κ2) is 6.50. The van der Waals surface area contributed by atoms with E-state index in [0.717, 1.165) is 24.3 Å². The molecule has 0 unspecified atom stereocenters. The molecule has 1 aliphatic carbocycles. The number of aliphatic hydroxyl groups is 1. The zero-order valence-corrected chi connectivity index (χ0v) is 11.8. The zero-order valence-electron chi connectivity index (χ0n) is 11.0. The lowest BCUT2D eigenvalue weighted by molar-refractivity contribution is 0.0697. The van der Waals surface area contributed by atoms with Gasteiger partial charge in [-0.25, -0.2) is 4.79 Å². The molecule has 1 fully saturated rings. The number of hydrogen-bond donors (Lipinski definition) is 3. The van der Waals surface area contributed by atoms with Crippen molar-refractivity contribution in [1.82, 2.24) is 5.32 Å². The summed E-state index contributed by atoms with van der Waals surface area (Å²) in [7, 11) is 0. The van der Waals surface area contributed by atoms with Crippen LogP contribution in [0.1, 0.15) is 47.3 Å². The summed E-state index contributed by atoms with van der Waals surface area (Å²) in [5.41, 5.74) is 0.391. The molecule has 2 rings (SSSR count). The van der Waals surface area contributed by atoms with E-state index in [4.69, 9.17) is 5.11 Å². The van der Waals surface area contributed by atoms with Gasteiger partial charge >= 0.3 is 5.97 Å². The summed E-state index contributed by atoms with van der Waals surface area (Å²) in [5, 5.41) is 23.5. The van der Waals surface area contributed by atoms with Crippen LogP contribution < -0.4 is 5.32 Å². The molecule has 1 aromatic rings. The van der Waals surface area contributed by atoms with E-state index >= 15 is 0 Å². The van der Waals surface area contributed by atoms with Crippen LogP contribution in [0.3, 0.4) is 0 Å². The zero-order chi connectivity index (χ0) is 13.7. The van der Waals surface area contributed by atoms with Crippen molar-refractivity contribution in [1.29, 1.82) is 0 Å². The van der Waals surface area contributed by atoms with Crippen LogP contribution in [-0.4, -0.2) is 29.3 Å². The Morgan fingerprint density at radius 3 is 2.68 bits per heavy atom. The van der Waals surface area contributed by atoms with Gasteiger partial charge in [0.15, 0.2) is 0 Å².